The molecule has 1 amide bonds. The minimum atomic E-state index is -1.18. The number of hydrogen-bond acceptors (Lipinski definition) is 1. The van der Waals surface area contributed by atoms with E-state index in [9.17, 15) is 18.0 Å². The smallest absolute Gasteiger partial charge is 0.248 e. The van der Waals surface area contributed by atoms with Crippen molar-refractivity contribution in [2.45, 2.75) is 0 Å². The zero-order chi connectivity index (χ0) is 13.3. The Hall–Kier alpha value is -2.30. The molecule has 5 heteroatoms. The molecule has 0 aliphatic heterocycles. The molecule has 0 unspecified atom stereocenters. The molecule has 2 aromatic carbocycles. The van der Waals surface area contributed by atoms with Gasteiger partial charge in [-0.25, -0.2) is 13.2 Å². The van der Waals surface area contributed by atoms with Crippen molar-refractivity contribution in [3.8, 4) is 11.1 Å². The Morgan fingerprint density at radius 1 is 1.00 bits per heavy atom. The fourth-order valence-electron chi connectivity index (χ4n) is 1.57. The van der Waals surface area contributed by atoms with Crippen LogP contribution in [0.1, 0.15) is 10.4 Å². The Labute approximate surface area is 101 Å². The van der Waals surface area contributed by atoms with E-state index in [4.69, 9.17) is 5.73 Å². The van der Waals surface area contributed by atoms with E-state index < -0.39 is 23.4 Å². The van der Waals surface area contributed by atoms with Crippen LogP contribution in [0.4, 0.5) is 13.2 Å². The van der Waals surface area contributed by atoms with Gasteiger partial charge < -0.3 is 5.73 Å². The van der Waals surface area contributed by atoms with Crippen molar-refractivity contribution in [2.24, 2.45) is 5.73 Å². The van der Waals surface area contributed by atoms with E-state index >= 15 is 0 Å². The normalized spacial score (nSPS) is 10.4. The van der Waals surface area contributed by atoms with Gasteiger partial charge in [0.05, 0.1) is 0 Å². The summed E-state index contributed by atoms with van der Waals surface area (Å²) in [4.78, 5) is 11.0. The predicted molar refractivity (Wildman–Crippen MR) is 60.3 cm³/mol. The SMILES string of the molecule is NC(=O)c1cc(F)c(F)c(-c2ccc(F)cc2)c1. The summed E-state index contributed by atoms with van der Waals surface area (Å²) in [6.45, 7) is 0. The van der Waals surface area contributed by atoms with Gasteiger partial charge in [0.25, 0.3) is 0 Å². The van der Waals surface area contributed by atoms with Gasteiger partial charge in [0.2, 0.25) is 5.91 Å². The molecule has 0 atom stereocenters. The lowest BCUT2D eigenvalue weighted by molar-refractivity contribution is 0.1000. The summed E-state index contributed by atoms with van der Waals surface area (Å²) in [6, 6.07) is 6.67. The third-order valence-corrected chi connectivity index (χ3v) is 2.47. The Kier molecular flexibility index (Phi) is 3.06. The first-order valence-electron chi connectivity index (χ1n) is 5.04. The van der Waals surface area contributed by atoms with Gasteiger partial charge in [0.15, 0.2) is 11.6 Å². The molecule has 0 saturated heterocycles. The average Bonchev–Trinajstić information content (AvgIpc) is 2.33. The minimum absolute atomic E-state index is 0.135. The molecule has 0 bridgehead atoms. The Morgan fingerprint density at radius 2 is 1.61 bits per heavy atom. The van der Waals surface area contributed by atoms with Gasteiger partial charge in [-0.1, -0.05) is 12.1 Å². The standard InChI is InChI=1S/C13H8F3NO/c14-9-3-1-7(2-4-9)10-5-8(13(17)18)6-11(15)12(10)16/h1-6H,(H2,17,18). The maximum Gasteiger partial charge on any atom is 0.248 e. The van der Waals surface area contributed by atoms with Crippen LogP contribution in [0.3, 0.4) is 0 Å². The summed E-state index contributed by atoms with van der Waals surface area (Å²) in [5.74, 6) is -3.64. The zero-order valence-corrected chi connectivity index (χ0v) is 9.08. The Bertz CT molecular complexity index is 608. The van der Waals surface area contributed by atoms with Gasteiger partial charge >= 0.3 is 0 Å². The van der Waals surface area contributed by atoms with E-state index in [1.165, 1.54) is 12.1 Å². The third kappa shape index (κ3) is 2.20. The van der Waals surface area contributed by atoms with Gasteiger partial charge in [0, 0.05) is 11.1 Å². The molecular weight excluding hydrogens is 243 g/mol. The van der Waals surface area contributed by atoms with Crippen LogP contribution in [-0.4, -0.2) is 5.91 Å². The molecule has 0 aliphatic rings. The molecule has 0 saturated carbocycles. The summed E-state index contributed by atoms with van der Waals surface area (Å²) >= 11 is 0. The number of hydrogen-bond donors (Lipinski definition) is 1. The molecule has 2 rings (SSSR count). The number of carbonyl (C=O) groups excluding carboxylic acids is 1. The van der Waals surface area contributed by atoms with Crippen LogP contribution >= 0.6 is 0 Å². The lowest BCUT2D eigenvalue weighted by atomic mass is 10.0. The van der Waals surface area contributed by atoms with E-state index in [0.29, 0.717) is 0 Å². The zero-order valence-electron chi connectivity index (χ0n) is 9.08. The van der Waals surface area contributed by atoms with Crippen LogP contribution in [0, 0.1) is 17.5 Å². The van der Waals surface area contributed by atoms with Crippen molar-refractivity contribution in [3.05, 3.63) is 59.4 Å². The summed E-state index contributed by atoms with van der Waals surface area (Å²) in [6.07, 6.45) is 0. The van der Waals surface area contributed by atoms with Crippen molar-refractivity contribution in [3.63, 3.8) is 0 Å². The second-order valence-corrected chi connectivity index (χ2v) is 3.69. The van der Waals surface area contributed by atoms with E-state index in [0.717, 1.165) is 24.3 Å². The van der Waals surface area contributed by atoms with Crippen LogP contribution in [0.5, 0.6) is 0 Å². The van der Waals surface area contributed by atoms with Crippen LogP contribution in [0.25, 0.3) is 11.1 Å². The molecule has 0 radical (unpaired) electrons. The van der Waals surface area contributed by atoms with Crippen molar-refractivity contribution < 1.29 is 18.0 Å². The highest BCUT2D eigenvalue weighted by molar-refractivity contribution is 5.94. The maximum atomic E-state index is 13.6. The molecule has 0 heterocycles. The van der Waals surface area contributed by atoms with Crippen LogP contribution in [0.15, 0.2) is 36.4 Å². The molecule has 92 valence electrons. The maximum absolute atomic E-state index is 13.6. The Balaban J connectivity index is 2.62. The predicted octanol–water partition coefficient (Wildman–Crippen LogP) is 2.87. The first kappa shape index (κ1) is 12.2. The first-order valence-corrected chi connectivity index (χ1v) is 5.04. The van der Waals surface area contributed by atoms with Gasteiger partial charge in [-0.05, 0) is 29.8 Å². The second kappa shape index (κ2) is 4.52. The number of halogens is 3. The molecule has 2 nitrogen and oxygen atoms in total. The van der Waals surface area contributed by atoms with E-state index in [1.807, 2.05) is 0 Å². The highest BCUT2D eigenvalue weighted by Gasteiger charge is 2.14. The Morgan fingerprint density at radius 3 is 2.17 bits per heavy atom. The summed E-state index contributed by atoms with van der Waals surface area (Å²) < 4.78 is 39.7. The van der Waals surface area contributed by atoms with Gasteiger partial charge in [-0.2, -0.15) is 0 Å². The van der Waals surface area contributed by atoms with Gasteiger partial charge in [-0.15, -0.1) is 0 Å². The van der Waals surface area contributed by atoms with Gasteiger partial charge in [-0.3, -0.25) is 4.79 Å². The lowest BCUT2D eigenvalue weighted by Gasteiger charge is -2.06. The van der Waals surface area contributed by atoms with Crippen molar-refractivity contribution in [1.29, 1.82) is 0 Å². The molecule has 2 aromatic rings. The van der Waals surface area contributed by atoms with E-state index in [1.54, 1.807) is 0 Å². The minimum Gasteiger partial charge on any atom is -0.366 e. The average molecular weight is 251 g/mol. The molecular formula is C13H8F3NO. The number of rotatable bonds is 2. The first-order chi connectivity index (χ1) is 8.49. The number of benzene rings is 2. The number of carbonyl (C=O) groups is 1. The lowest BCUT2D eigenvalue weighted by Crippen LogP contribution is -2.12. The highest BCUT2D eigenvalue weighted by atomic mass is 19.2. The molecule has 0 aliphatic carbocycles. The quantitative estimate of drug-likeness (QED) is 0.876. The largest absolute Gasteiger partial charge is 0.366 e. The van der Waals surface area contributed by atoms with Gasteiger partial charge in [0.1, 0.15) is 5.82 Å². The molecule has 2 N–H and O–H groups in total. The van der Waals surface area contributed by atoms with Crippen LogP contribution in [-0.2, 0) is 0 Å². The third-order valence-electron chi connectivity index (χ3n) is 2.47. The van der Waals surface area contributed by atoms with Crippen molar-refractivity contribution in [1.82, 2.24) is 0 Å². The van der Waals surface area contributed by atoms with Crippen LogP contribution < -0.4 is 5.73 Å². The monoisotopic (exact) mass is 251 g/mol. The number of nitrogens with two attached hydrogens (primary N) is 1. The van der Waals surface area contributed by atoms with Crippen LogP contribution in [0.2, 0.25) is 0 Å². The molecule has 0 fully saturated rings. The fraction of sp³-hybridized carbons (Fsp3) is 0. The topological polar surface area (TPSA) is 43.1 Å². The highest BCUT2D eigenvalue weighted by Crippen LogP contribution is 2.26. The van der Waals surface area contributed by atoms with E-state index in [-0.39, 0.29) is 16.7 Å². The summed E-state index contributed by atoms with van der Waals surface area (Å²) in [7, 11) is 0. The van der Waals surface area contributed by atoms with E-state index in [2.05, 4.69) is 0 Å². The van der Waals surface area contributed by atoms with Crippen molar-refractivity contribution in [2.75, 3.05) is 0 Å². The molecule has 0 spiro atoms. The summed E-state index contributed by atoms with van der Waals surface area (Å²) in [5, 5.41) is 0. The fourth-order valence-corrected chi connectivity index (χ4v) is 1.57. The molecule has 18 heavy (non-hydrogen) atoms. The second-order valence-electron chi connectivity index (χ2n) is 3.69. The summed E-state index contributed by atoms with van der Waals surface area (Å²) in [5.41, 5.74) is 5.00. The number of amides is 1. The number of primary amides is 1. The van der Waals surface area contributed by atoms with Crippen molar-refractivity contribution >= 4 is 5.91 Å². The molecule has 0 aromatic heterocycles.